The number of thioether (sulfide) groups is 1. The Bertz CT molecular complexity index is 879. The van der Waals surface area contributed by atoms with Crippen molar-refractivity contribution in [3.8, 4) is 0 Å². The molecule has 0 aromatic heterocycles. The van der Waals surface area contributed by atoms with Crippen LogP contribution in [0, 0.1) is 0 Å². The molecule has 32 heavy (non-hydrogen) atoms. The van der Waals surface area contributed by atoms with Crippen molar-refractivity contribution in [2.75, 3.05) is 6.61 Å². The van der Waals surface area contributed by atoms with Gasteiger partial charge in [-0.1, -0.05) is 35.0 Å². The molecular formula is C20H22Cl2O9S. The molecule has 1 aliphatic rings. The fourth-order valence-corrected chi connectivity index (χ4v) is 4.47. The van der Waals surface area contributed by atoms with Crippen LogP contribution in [0.15, 0.2) is 23.1 Å². The summed E-state index contributed by atoms with van der Waals surface area (Å²) < 4.78 is 27.2. The van der Waals surface area contributed by atoms with Crippen molar-refractivity contribution in [2.24, 2.45) is 0 Å². The maximum Gasteiger partial charge on any atom is 0.303 e. The Balaban J connectivity index is 2.46. The molecule has 1 aliphatic heterocycles. The minimum Gasteiger partial charge on any atom is -0.463 e. The molecule has 2 rings (SSSR count). The molecule has 1 aromatic rings. The predicted molar refractivity (Wildman–Crippen MR) is 114 cm³/mol. The quantitative estimate of drug-likeness (QED) is 0.401. The van der Waals surface area contributed by atoms with Gasteiger partial charge in [0.15, 0.2) is 18.3 Å². The lowest BCUT2D eigenvalue weighted by molar-refractivity contribution is -0.237. The third-order valence-corrected chi connectivity index (χ3v) is 5.97. The van der Waals surface area contributed by atoms with Gasteiger partial charge in [0.2, 0.25) is 0 Å². The number of carbonyl (C=O) groups is 4. The molecule has 0 radical (unpaired) electrons. The van der Waals surface area contributed by atoms with Crippen LogP contribution in [-0.2, 0) is 42.9 Å². The van der Waals surface area contributed by atoms with Crippen molar-refractivity contribution in [2.45, 2.75) is 62.4 Å². The van der Waals surface area contributed by atoms with E-state index in [1.54, 1.807) is 18.2 Å². The molecule has 0 unspecified atom stereocenters. The summed E-state index contributed by atoms with van der Waals surface area (Å²) >= 11 is 13.2. The summed E-state index contributed by atoms with van der Waals surface area (Å²) in [6.07, 6.45) is -4.60. The number of benzene rings is 1. The van der Waals surface area contributed by atoms with Crippen LogP contribution in [0.25, 0.3) is 0 Å². The van der Waals surface area contributed by atoms with E-state index in [1.165, 1.54) is 13.8 Å². The highest BCUT2D eigenvalue weighted by Crippen LogP contribution is 2.39. The largest absolute Gasteiger partial charge is 0.463 e. The summed E-state index contributed by atoms with van der Waals surface area (Å²) in [7, 11) is 0. The van der Waals surface area contributed by atoms with Crippen LogP contribution >= 0.6 is 35.0 Å². The molecular weight excluding hydrogens is 487 g/mol. The Kier molecular flexibility index (Phi) is 9.63. The molecule has 1 saturated heterocycles. The molecule has 0 spiro atoms. The molecule has 0 aliphatic carbocycles. The molecule has 0 saturated carbocycles. The average molecular weight is 509 g/mol. The second-order valence-electron chi connectivity index (χ2n) is 6.76. The fraction of sp³-hybridized carbons (Fsp3) is 0.500. The Morgan fingerprint density at radius 2 is 1.41 bits per heavy atom. The molecule has 9 nitrogen and oxygen atoms in total. The summed E-state index contributed by atoms with van der Waals surface area (Å²) in [6, 6.07) is 4.84. The van der Waals surface area contributed by atoms with Crippen LogP contribution < -0.4 is 0 Å². The highest BCUT2D eigenvalue weighted by Gasteiger charge is 2.52. The van der Waals surface area contributed by atoms with Gasteiger partial charge in [0.05, 0.1) is 10.0 Å². The maximum atomic E-state index is 11.8. The van der Waals surface area contributed by atoms with Crippen molar-refractivity contribution < 1.29 is 42.9 Å². The third-order valence-electron chi connectivity index (χ3n) is 4.09. The minimum absolute atomic E-state index is 0.294. The second-order valence-corrected chi connectivity index (χ2v) is 8.75. The predicted octanol–water partition coefficient (Wildman–Crippen LogP) is 3.17. The molecule has 0 bridgehead atoms. The number of hydrogen-bond acceptors (Lipinski definition) is 10. The summed E-state index contributed by atoms with van der Waals surface area (Å²) in [5.41, 5.74) is -0.937. The molecule has 176 valence electrons. The summed E-state index contributed by atoms with van der Waals surface area (Å²) in [5, 5.41) is 0.639. The van der Waals surface area contributed by atoms with Gasteiger partial charge in [-0.15, -0.1) is 0 Å². The normalized spacial score (nSPS) is 24.9. The zero-order chi connectivity index (χ0) is 24.0. The van der Waals surface area contributed by atoms with Gasteiger partial charge in [-0.3, -0.25) is 19.2 Å². The number of hydrogen-bond donors (Lipinski definition) is 0. The van der Waals surface area contributed by atoms with Crippen LogP contribution in [0.3, 0.4) is 0 Å². The summed E-state index contributed by atoms with van der Waals surface area (Å²) in [6.45, 7) is 4.41. The first-order valence-electron chi connectivity index (χ1n) is 9.40. The number of carbonyl (C=O) groups excluding carboxylic acids is 4. The van der Waals surface area contributed by atoms with Crippen LogP contribution in [-0.4, -0.2) is 60.3 Å². The van der Waals surface area contributed by atoms with Crippen LogP contribution in [0.2, 0.25) is 10.0 Å². The number of ether oxygens (including phenoxy) is 5. The van der Waals surface area contributed by atoms with E-state index in [-0.39, 0.29) is 6.61 Å². The highest BCUT2D eigenvalue weighted by atomic mass is 35.5. The fourth-order valence-electron chi connectivity index (χ4n) is 2.97. The minimum atomic E-state index is -1.23. The van der Waals surface area contributed by atoms with Gasteiger partial charge in [-0.2, -0.15) is 0 Å². The van der Waals surface area contributed by atoms with Gasteiger partial charge in [0, 0.05) is 32.6 Å². The third kappa shape index (κ3) is 7.54. The SMILES string of the molecule is CC(=O)OC[C@H]1O[C@H](Sc2ccc(Cl)c(Cl)c2)[C@H](OC(C)=O)[C@@H](OC(C)=O)[C@H]1OC(C)=O. The first kappa shape index (κ1) is 26.2. The Labute approximate surface area is 198 Å². The maximum absolute atomic E-state index is 11.8. The van der Waals surface area contributed by atoms with Crippen LogP contribution in [0.5, 0.6) is 0 Å². The molecule has 1 heterocycles. The first-order chi connectivity index (χ1) is 15.0. The summed E-state index contributed by atoms with van der Waals surface area (Å²) in [4.78, 5) is 47.3. The van der Waals surface area contributed by atoms with E-state index < -0.39 is 53.7 Å². The van der Waals surface area contributed by atoms with E-state index in [1.807, 2.05) is 0 Å². The Morgan fingerprint density at radius 3 is 1.94 bits per heavy atom. The molecule has 1 aromatic carbocycles. The summed E-state index contributed by atoms with van der Waals surface area (Å²) in [5.74, 6) is -2.65. The molecule has 0 amide bonds. The van der Waals surface area contributed by atoms with Gasteiger partial charge in [0.25, 0.3) is 0 Å². The monoisotopic (exact) mass is 508 g/mol. The van der Waals surface area contributed by atoms with Gasteiger partial charge in [-0.05, 0) is 18.2 Å². The standard InChI is InChI=1S/C20H22Cl2O9S/c1-9(23)27-8-16-17(28-10(2)24)18(29-11(3)25)19(30-12(4)26)20(31-16)32-13-5-6-14(21)15(22)7-13/h5-7,16-20H,8H2,1-4H3/t16-,17+,18+,19-,20-/m1/s1. The second kappa shape index (κ2) is 11.7. The van der Waals surface area contributed by atoms with E-state index in [0.29, 0.717) is 14.9 Å². The number of halogens is 2. The van der Waals surface area contributed by atoms with Crippen LogP contribution in [0.1, 0.15) is 27.7 Å². The topological polar surface area (TPSA) is 114 Å². The molecule has 5 atom stereocenters. The Hall–Kier alpha value is -2.01. The van der Waals surface area contributed by atoms with E-state index in [9.17, 15) is 19.2 Å². The van der Waals surface area contributed by atoms with Gasteiger partial charge >= 0.3 is 23.9 Å². The van der Waals surface area contributed by atoms with E-state index in [4.69, 9.17) is 46.9 Å². The van der Waals surface area contributed by atoms with Crippen molar-refractivity contribution in [3.05, 3.63) is 28.2 Å². The molecule has 12 heteroatoms. The van der Waals surface area contributed by atoms with Gasteiger partial charge in [-0.25, -0.2) is 0 Å². The Morgan fingerprint density at radius 1 is 0.844 bits per heavy atom. The van der Waals surface area contributed by atoms with E-state index in [0.717, 1.165) is 25.6 Å². The van der Waals surface area contributed by atoms with E-state index in [2.05, 4.69) is 0 Å². The highest BCUT2D eigenvalue weighted by molar-refractivity contribution is 7.99. The van der Waals surface area contributed by atoms with Crippen LogP contribution in [0.4, 0.5) is 0 Å². The zero-order valence-corrected chi connectivity index (χ0v) is 20.0. The zero-order valence-electron chi connectivity index (χ0n) is 17.7. The van der Waals surface area contributed by atoms with Crippen molar-refractivity contribution in [3.63, 3.8) is 0 Å². The number of rotatable bonds is 7. The van der Waals surface area contributed by atoms with Gasteiger partial charge in [0.1, 0.15) is 18.1 Å². The number of esters is 4. The smallest absolute Gasteiger partial charge is 0.303 e. The van der Waals surface area contributed by atoms with E-state index >= 15 is 0 Å². The van der Waals surface area contributed by atoms with Crippen molar-refractivity contribution in [1.29, 1.82) is 0 Å². The average Bonchev–Trinajstić information content (AvgIpc) is 2.66. The van der Waals surface area contributed by atoms with Gasteiger partial charge < -0.3 is 23.7 Å². The van der Waals surface area contributed by atoms with Crippen molar-refractivity contribution in [1.82, 2.24) is 0 Å². The van der Waals surface area contributed by atoms with Crippen molar-refractivity contribution >= 4 is 58.8 Å². The first-order valence-corrected chi connectivity index (χ1v) is 11.0. The lowest BCUT2D eigenvalue weighted by Gasteiger charge is -2.44. The molecule has 1 fully saturated rings. The lowest BCUT2D eigenvalue weighted by Crippen LogP contribution is -2.61. The molecule has 0 N–H and O–H groups in total. The lowest BCUT2D eigenvalue weighted by atomic mass is 9.99.